The standard InChI is InChI=1S/C24H27N5O2/c1-16-7-5-8-17(2)21(16)29-15-18-14-25-23-26-19-9-6-10-20(13-19)31-12-4-3-11-28(24(29)30)22(18)27-23/h6-7,9-10,13-14H,3-5,8,11-12,15H2,1-2H3,(H,25,26,27). The van der Waals surface area contributed by atoms with Crippen molar-refractivity contribution in [3.63, 3.8) is 0 Å². The highest BCUT2D eigenvalue weighted by Crippen LogP contribution is 2.35. The second kappa shape index (κ2) is 8.06. The number of amides is 2. The summed E-state index contributed by atoms with van der Waals surface area (Å²) in [7, 11) is 0. The lowest BCUT2D eigenvalue weighted by atomic mass is 9.96. The van der Waals surface area contributed by atoms with Crippen LogP contribution in [0.4, 0.5) is 22.2 Å². The highest BCUT2D eigenvalue weighted by atomic mass is 16.5. The number of anilines is 3. The molecule has 1 aromatic heterocycles. The van der Waals surface area contributed by atoms with E-state index < -0.39 is 0 Å². The van der Waals surface area contributed by atoms with Gasteiger partial charge in [0.2, 0.25) is 5.95 Å². The molecule has 3 heterocycles. The zero-order valence-electron chi connectivity index (χ0n) is 18.0. The van der Waals surface area contributed by atoms with Crippen LogP contribution < -0.4 is 15.0 Å². The molecule has 1 aromatic carbocycles. The molecule has 7 nitrogen and oxygen atoms in total. The number of urea groups is 1. The Balaban J connectivity index is 1.54. The molecule has 2 amide bonds. The number of fused-ring (bicyclic) bond motifs is 3. The van der Waals surface area contributed by atoms with Crippen molar-refractivity contribution in [3.8, 4) is 5.75 Å². The van der Waals surface area contributed by atoms with Crippen LogP contribution in [-0.4, -0.2) is 34.1 Å². The quantitative estimate of drug-likeness (QED) is 0.695. The summed E-state index contributed by atoms with van der Waals surface area (Å²) in [6.45, 7) is 5.91. The average Bonchev–Trinajstić information content (AvgIpc) is 2.76. The molecule has 0 spiro atoms. The van der Waals surface area contributed by atoms with Crippen LogP contribution in [0.1, 0.15) is 45.1 Å². The van der Waals surface area contributed by atoms with Gasteiger partial charge in [0.1, 0.15) is 11.6 Å². The summed E-state index contributed by atoms with van der Waals surface area (Å²) in [5.74, 6) is 1.99. The van der Waals surface area contributed by atoms with E-state index >= 15 is 0 Å². The lowest BCUT2D eigenvalue weighted by Gasteiger charge is -2.39. The number of hydrogen-bond donors (Lipinski definition) is 1. The number of allylic oxidation sites excluding steroid dienone is 3. The van der Waals surface area contributed by atoms with E-state index in [1.165, 1.54) is 11.1 Å². The maximum absolute atomic E-state index is 13.7. The monoisotopic (exact) mass is 417 g/mol. The van der Waals surface area contributed by atoms with E-state index in [4.69, 9.17) is 9.72 Å². The van der Waals surface area contributed by atoms with Crippen LogP contribution in [0, 0.1) is 0 Å². The highest BCUT2D eigenvalue weighted by Gasteiger charge is 2.35. The molecule has 0 atom stereocenters. The van der Waals surface area contributed by atoms with Gasteiger partial charge < -0.3 is 10.1 Å². The van der Waals surface area contributed by atoms with Crippen LogP contribution in [0.3, 0.4) is 0 Å². The smallest absolute Gasteiger partial charge is 0.330 e. The van der Waals surface area contributed by atoms with E-state index in [-0.39, 0.29) is 6.03 Å². The first-order valence-corrected chi connectivity index (χ1v) is 10.9. The first-order valence-electron chi connectivity index (χ1n) is 10.9. The van der Waals surface area contributed by atoms with Gasteiger partial charge in [0.05, 0.1) is 13.2 Å². The lowest BCUT2D eigenvalue weighted by Crippen LogP contribution is -2.48. The SMILES string of the molecule is CC1=CCCC(C)=C1N1Cc2cnc3nc2N(CCCCOc2cccc(c2)N3)C1=O. The van der Waals surface area contributed by atoms with Gasteiger partial charge in [-0.1, -0.05) is 12.1 Å². The fourth-order valence-electron chi connectivity index (χ4n) is 4.51. The zero-order chi connectivity index (χ0) is 21.4. The van der Waals surface area contributed by atoms with E-state index in [0.717, 1.165) is 48.4 Å². The molecule has 0 saturated carbocycles. The molecule has 1 N–H and O–H groups in total. The number of ether oxygens (including phenoxy) is 1. The molecule has 0 unspecified atom stereocenters. The summed E-state index contributed by atoms with van der Waals surface area (Å²) in [5, 5.41) is 3.25. The Kier molecular flexibility index (Phi) is 5.10. The number of hydrogen-bond acceptors (Lipinski definition) is 5. The summed E-state index contributed by atoms with van der Waals surface area (Å²) in [4.78, 5) is 26.6. The third-order valence-electron chi connectivity index (χ3n) is 6.04. The Labute approximate surface area is 182 Å². The van der Waals surface area contributed by atoms with E-state index in [0.29, 0.717) is 31.5 Å². The molecule has 2 aliphatic heterocycles. The van der Waals surface area contributed by atoms with Crippen molar-refractivity contribution < 1.29 is 9.53 Å². The number of nitrogens with one attached hydrogen (secondary N) is 1. The van der Waals surface area contributed by atoms with Gasteiger partial charge in [0, 0.05) is 35.8 Å². The maximum Gasteiger partial charge on any atom is 0.330 e. The van der Waals surface area contributed by atoms with Gasteiger partial charge in [-0.3, -0.25) is 9.80 Å². The lowest BCUT2D eigenvalue weighted by molar-refractivity contribution is 0.211. The molecule has 0 saturated heterocycles. The van der Waals surface area contributed by atoms with Gasteiger partial charge >= 0.3 is 6.03 Å². The second-order valence-electron chi connectivity index (χ2n) is 8.33. The molecule has 160 valence electrons. The summed E-state index contributed by atoms with van der Waals surface area (Å²) in [6, 6.07) is 7.77. The van der Waals surface area contributed by atoms with Crippen molar-refractivity contribution in [2.45, 2.75) is 46.1 Å². The molecule has 4 bridgehead atoms. The van der Waals surface area contributed by atoms with Crippen LogP contribution >= 0.6 is 0 Å². The molecule has 0 radical (unpaired) electrons. The molecule has 3 aliphatic rings. The van der Waals surface area contributed by atoms with E-state index in [1.807, 2.05) is 35.4 Å². The van der Waals surface area contributed by atoms with Gasteiger partial charge in [-0.2, -0.15) is 4.98 Å². The van der Waals surface area contributed by atoms with Gasteiger partial charge in [-0.05, 0) is 62.8 Å². The third-order valence-corrected chi connectivity index (χ3v) is 6.04. The predicted molar refractivity (Wildman–Crippen MR) is 120 cm³/mol. The van der Waals surface area contributed by atoms with Crippen LogP contribution in [0.15, 0.2) is 53.4 Å². The molecule has 1 aliphatic carbocycles. The fraction of sp³-hybridized carbons (Fsp3) is 0.375. The first-order chi connectivity index (χ1) is 15.1. The minimum absolute atomic E-state index is 0.0162. The number of aromatic nitrogens is 2. The van der Waals surface area contributed by atoms with E-state index in [2.05, 4.69) is 30.2 Å². The minimum atomic E-state index is -0.0162. The average molecular weight is 418 g/mol. The van der Waals surface area contributed by atoms with Crippen molar-refractivity contribution in [1.29, 1.82) is 0 Å². The highest BCUT2D eigenvalue weighted by molar-refractivity contribution is 5.95. The molecule has 7 heteroatoms. The molecule has 5 rings (SSSR count). The molecular formula is C24H27N5O2. The number of benzene rings is 1. The van der Waals surface area contributed by atoms with Crippen molar-refractivity contribution in [3.05, 3.63) is 58.9 Å². The summed E-state index contributed by atoms with van der Waals surface area (Å²) in [6.07, 6.45) is 7.77. The number of nitrogens with zero attached hydrogens (tertiary/aromatic N) is 4. The van der Waals surface area contributed by atoms with Crippen LogP contribution in [0.2, 0.25) is 0 Å². The maximum atomic E-state index is 13.7. The Morgan fingerprint density at radius 2 is 2.06 bits per heavy atom. The van der Waals surface area contributed by atoms with E-state index in [1.54, 1.807) is 4.90 Å². The van der Waals surface area contributed by atoms with Crippen LogP contribution in [0.5, 0.6) is 5.75 Å². The van der Waals surface area contributed by atoms with Crippen molar-refractivity contribution in [1.82, 2.24) is 14.9 Å². The van der Waals surface area contributed by atoms with Crippen molar-refractivity contribution in [2.24, 2.45) is 0 Å². The van der Waals surface area contributed by atoms with Gasteiger partial charge in [-0.15, -0.1) is 0 Å². The van der Waals surface area contributed by atoms with E-state index in [9.17, 15) is 4.79 Å². The minimum Gasteiger partial charge on any atom is -0.494 e. The fourth-order valence-corrected chi connectivity index (χ4v) is 4.51. The predicted octanol–water partition coefficient (Wildman–Crippen LogP) is 5.15. The normalized spacial score (nSPS) is 18.9. The van der Waals surface area contributed by atoms with Gasteiger partial charge in [-0.25, -0.2) is 9.78 Å². The third kappa shape index (κ3) is 3.76. The van der Waals surface area contributed by atoms with Crippen LogP contribution in [-0.2, 0) is 6.54 Å². The largest absolute Gasteiger partial charge is 0.494 e. The Morgan fingerprint density at radius 1 is 1.16 bits per heavy atom. The van der Waals surface area contributed by atoms with Gasteiger partial charge in [0.15, 0.2) is 0 Å². The summed E-state index contributed by atoms with van der Waals surface area (Å²) in [5.41, 5.74) is 5.29. The number of rotatable bonds is 1. The molecule has 2 aromatic rings. The molecule has 31 heavy (non-hydrogen) atoms. The zero-order valence-corrected chi connectivity index (χ0v) is 18.0. The Hall–Kier alpha value is -3.35. The van der Waals surface area contributed by atoms with Crippen LogP contribution in [0.25, 0.3) is 0 Å². The number of carbonyl (C=O) groups is 1. The molecular weight excluding hydrogens is 390 g/mol. The van der Waals surface area contributed by atoms with Crippen molar-refractivity contribution in [2.75, 3.05) is 23.4 Å². The second-order valence-corrected chi connectivity index (χ2v) is 8.33. The molecule has 0 fully saturated rings. The van der Waals surface area contributed by atoms with Crippen molar-refractivity contribution >= 4 is 23.5 Å². The topological polar surface area (TPSA) is 70.6 Å². The first kappa shape index (κ1) is 19.6. The summed E-state index contributed by atoms with van der Waals surface area (Å²) < 4.78 is 5.89. The summed E-state index contributed by atoms with van der Waals surface area (Å²) >= 11 is 0. The Morgan fingerprint density at radius 3 is 2.94 bits per heavy atom. The Bertz CT molecular complexity index is 1090. The number of carbonyl (C=O) groups excluding carboxylic acids is 1. The van der Waals surface area contributed by atoms with Gasteiger partial charge in [0.25, 0.3) is 0 Å².